The molecule has 0 aliphatic heterocycles. The number of nitrogens with one attached hydrogen (secondary N) is 1. The van der Waals surface area contributed by atoms with Crippen molar-refractivity contribution in [1.29, 1.82) is 0 Å². The summed E-state index contributed by atoms with van der Waals surface area (Å²) in [6.07, 6.45) is 3.33. The van der Waals surface area contributed by atoms with Gasteiger partial charge < -0.3 is 5.32 Å². The summed E-state index contributed by atoms with van der Waals surface area (Å²) in [5.74, 6) is 0.596. The highest BCUT2D eigenvalue weighted by Gasteiger charge is 2.11. The van der Waals surface area contributed by atoms with Crippen LogP contribution in [0.4, 0.5) is 5.69 Å². The van der Waals surface area contributed by atoms with Crippen LogP contribution in [0.1, 0.15) is 25.3 Å². The van der Waals surface area contributed by atoms with E-state index in [1.54, 1.807) is 12.5 Å². The summed E-state index contributed by atoms with van der Waals surface area (Å²) in [5.41, 5.74) is 3.83. The number of benzene rings is 2. The molecule has 6 nitrogen and oxygen atoms in total. The number of carbonyl (C=O) groups excluding carboxylic acids is 1. The lowest BCUT2D eigenvalue weighted by Crippen LogP contribution is -2.14. The number of pyridine rings is 1. The molecule has 2 aromatic carbocycles. The van der Waals surface area contributed by atoms with Gasteiger partial charge in [-0.25, -0.2) is 0 Å². The number of aromatic nitrogens is 4. The molecule has 0 radical (unpaired) electrons. The number of anilines is 1. The molecule has 1 N–H and O–H groups in total. The maximum atomic E-state index is 12.4. The molecule has 0 aliphatic rings. The van der Waals surface area contributed by atoms with Gasteiger partial charge in [-0.15, -0.1) is 10.2 Å². The van der Waals surface area contributed by atoms with Gasteiger partial charge in [-0.1, -0.05) is 55.9 Å². The van der Waals surface area contributed by atoms with E-state index >= 15 is 0 Å². The highest BCUT2D eigenvalue weighted by atomic mass is 32.2. The van der Waals surface area contributed by atoms with E-state index in [1.807, 2.05) is 47.0 Å². The van der Waals surface area contributed by atoms with Gasteiger partial charge in [0.25, 0.3) is 0 Å². The number of fused-ring (bicyclic) bond motifs is 1. The smallest absolute Gasteiger partial charge is 0.234 e. The van der Waals surface area contributed by atoms with Crippen molar-refractivity contribution in [3.05, 3.63) is 72.7 Å². The van der Waals surface area contributed by atoms with Gasteiger partial charge in [0.1, 0.15) is 6.33 Å². The predicted octanol–water partition coefficient (Wildman–Crippen LogP) is 4.67. The number of nitrogens with zero attached hydrogens (tertiary/aromatic N) is 4. The van der Waals surface area contributed by atoms with E-state index < -0.39 is 0 Å². The lowest BCUT2D eigenvalue weighted by atomic mass is 10.0. The molecule has 4 aromatic rings. The molecule has 0 saturated heterocycles. The van der Waals surface area contributed by atoms with Crippen LogP contribution in [0.25, 0.3) is 16.6 Å². The van der Waals surface area contributed by atoms with Crippen molar-refractivity contribution in [1.82, 2.24) is 19.7 Å². The second-order valence-electron chi connectivity index (χ2n) is 6.98. The van der Waals surface area contributed by atoms with E-state index in [0.717, 1.165) is 16.6 Å². The molecule has 2 heterocycles. The summed E-state index contributed by atoms with van der Waals surface area (Å²) >= 11 is 1.35. The van der Waals surface area contributed by atoms with Gasteiger partial charge in [0, 0.05) is 11.1 Å². The van der Waals surface area contributed by atoms with Crippen molar-refractivity contribution in [3.8, 4) is 5.69 Å². The first-order chi connectivity index (χ1) is 14.1. The van der Waals surface area contributed by atoms with Crippen LogP contribution < -0.4 is 5.32 Å². The van der Waals surface area contributed by atoms with Gasteiger partial charge in [-0.05, 0) is 35.7 Å². The third kappa shape index (κ3) is 4.46. The van der Waals surface area contributed by atoms with Crippen LogP contribution in [-0.4, -0.2) is 31.4 Å². The average Bonchev–Trinajstić information content (AvgIpc) is 3.21. The summed E-state index contributed by atoms with van der Waals surface area (Å²) in [7, 11) is 0. The number of hydrogen-bond acceptors (Lipinski definition) is 5. The minimum Gasteiger partial charge on any atom is -0.324 e. The van der Waals surface area contributed by atoms with E-state index in [9.17, 15) is 4.79 Å². The lowest BCUT2D eigenvalue weighted by molar-refractivity contribution is -0.113. The molecule has 2 aromatic heterocycles. The zero-order valence-corrected chi connectivity index (χ0v) is 17.1. The van der Waals surface area contributed by atoms with E-state index in [1.165, 1.54) is 17.3 Å². The molecule has 0 bridgehead atoms. The third-order valence-corrected chi connectivity index (χ3v) is 5.50. The van der Waals surface area contributed by atoms with Crippen LogP contribution in [0.15, 0.2) is 72.3 Å². The van der Waals surface area contributed by atoms with Crippen molar-refractivity contribution >= 4 is 34.3 Å². The minimum absolute atomic E-state index is 0.114. The molecule has 146 valence electrons. The Bertz CT molecular complexity index is 1140. The fourth-order valence-corrected chi connectivity index (χ4v) is 3.72. The first-order valence-corrected chi connectivity index (χ1v) is 10.4. The van der Waals surface area contributed by atoms with Crippen LogP contribution in [-0.2, 0) is 4.79 Å². The molecule has 0 unspecified atom stereocenters. The highest BCUT2D eigenvalue weighted by molar-refractivity contribution is 7.99. The SMILES string of the molecule is CC(C)c1ccc(-n2cnnc2SCC(=O)Nc2cnc3ccccc3c2)cc1. The number of rotatable bonds is 6. The van der Waals surface area contributed by atoms with Crippen LogP contribution in [0.2, 0.25) is 0 Å². The first kappa shape index (κ1) is 19.1. The van der Waals surface area contributed by atoms with Crippen LogP contribution in [0.5, 0.6) is 0 Å². The van der Waals surface area contributed by atoms with Crippen molar-refractivity contribution in [2.24, 2.45) is 0 Å². The molecule has 7 heteroatoms. The van der Waals surface area contributed by atoms with Crippen LogP contribution in [0.3, 0.4) is 0 Å². The Morgan fingerprint density at radius 1 is 1.14 bits per heavy atom. The van der Waals surface area contributed by atoms with Gasteiger partial charge >= 0.3 is 0 Å². The van der Waals surface area contributed by atoms with Gasteiger partial charge in [-0.2, -0.15) is 0 Å². The third-order valence-electron chi connectivity index (χ3n) is 4.56. The number of para-hydroxylation sites is 1. The summed E-state index contributed by atoms with van der Waals surface area (Å²) in [4.78, 5) is 16.8. The Morgan fingerprint density at radius 2 is 1.93 bits per heavy atom. The van der Waals surface area contributed by atoms with E-state index in [4.69, 9.17) is 0 Å². The Hall–Kier alpha value is -3.19. The summed E-state index contributed by atoms with van der Waals surface area (Å²) in [6.45, 7) is 4.33. The van der Waals surface area contributed by atoms with Crippen LogP contribution in [0, 0.1) is 0 Å². The fraction of sp³-hybridized carbons (Fsp3) is 0.182. The number of amides is 1. The molecule has 4 rings (SSSR count). The number of thioether (sulfide) groups is 1. The van der Waals surface area contributed by atoms with Gasteiger partial charge in [0.15, 0.2) is 5.16 Å². The van der Waals surface area contributed by atoms with Gasteiger partial charge in [0.2, 0.25) is 5.91 Å². The first-order valence-electron chi connectivity index (χ1n) is 9.38. The second-order valence-corrected chi connectivity index (χ2v) is 7.93. The Labute approximate surface area is 173 Å². The maximum absolute atomic E-state index is 12.4. The fourth-order valence-electron chi connectivity index (χ4n) is 2.99. The zero-order chi connectivity index (χ0) is 20.2. The predicted molar refractivity (Wildman–Crippen MR) is 117 cm³/mol. The van der Waals surface area contributed by atoms with E-state index in [-0.39, 0.29) is 11.7 Å². The summed E-state index contributed by atoms with van der Waals surface area (Å²) in [5, 5.41) is 12.7. The monoisotopic (exact) mass is 403 g/mol. The standard InChI is InChI=1S/C22H21N5OS/c1-15(2)16-7-9-19(10-8-16)27-14-24-26-22(27)29-13-21(28)25-18-11-17-5-3-4-6-20(17)23-12-18/h3-12,14-15H,13H2,1-2H3,(H,25,28). The topological polar surface area (TPSA) is 72.7 Å². The molecular weight excluding hydrogens is 382 g/mol. The normalized spacial score (nSPS) is 11.1. The van der Waals surface area contributed by atoms with Crippen LogP contribution >= 0.6 is 11.8 Å². The van der Waals surface area contributed by atoms with Crippen molar-refractivity contribution in [2.45, 2.75) is 24.9 Å². The molecule has 29 heavy (non-hydrogen) atoms. The van der Waals surface area contributed by atoms with Crippen molar-refractivity contribution in [3.63, 3.8) is 0 Å². The molecule has 0 aliphatic carbocycles. The number of hydrogen-bond donors (Lipinski definition) is 1. The quantitative estimate of drug-likeness (QED) is 0.474. The average molecular weight is 404 g/mol. The highest BCUT2D eigenvalue weighted by Crippen LogP contribution is 2.22. The van der Waals surface area contributed by atoms with Crippen molar-refractivity contribution < 1.29 is 4.79 Å². The molecule has 0 spiro atoms. The molecule has 1 amide bonds. The number of carbonyl (C=O) groups is 1. The lowest BCUT2D eigenvalue weighted by Gasteiger charge is -2.09. The molecular formula is C22H21N5OS. The summed E-state index contributed by atoms with van der Waals surface area (Å²) in [6, 6.07) is 18.0. The maximum Gasteiger partial charge on any atom is 0.234 e. The van der Waals surface area contributed by atoms with E-state index in [0.29, 0.717) is 16.8 Å². The van der Waals surface area contributed by atoms with Crippen molar-refractivity contribution in [2.75, 3.05) is 11.1 Å². The largest absolute Gasteiger partial charge is 0.324 e. The second kappa shape index (κ2) is 8.45. The molecule has 0 fully saturated rings. The summed E-state index contributed by atoms with van der Waals surface area (Å²) < 4.78 is 1.89. The Balaban J connectivity index is 1.41. The Kier molecular flexibility index (Phi) is 5.57. The Morgan fingerprint density at radius 3 is 2.72 bits per heavy atom. The molecule has 0 atom stereocenters. The minimum atomic E-state index is -0.114. The van der Waals surface area contributed by atoms with E-state index in [2.05, 4.69) is 46.5 Å². The zero-order valence-electron chi connectivity index (χ0n) is 16.2. The van der Waals surface area contributed by atoms with Gasteiger partial charge in [-0.3, -0.25) is 14.3 Å². The molecule has 0 saturated carbocycles. The van der Waals surface area contributed by atoms with Gasteiger partial charge in [0.05, 0.1) is 23.2 Å².